The zero-order chi connectivity index (χ0) is 10.0. The molecule has 0 atom stereocenters. The Balaban J connectivity index is 3.27. The lowest BCUT2D eigenvalue weighted by molar-refractivity contribution is 0.409. The number of methoxy groups -OCH3 is 1. The number of rotatable bonds is 2. The number of anilines is 1. The Morgan fingerprint density at radius 3 is 2.38 bits per heavy atom. The van der Waals surface area contributed by atoms with Crippen molar-refractivity contribution in [3.05, 3.63) is 21.3 Å². The van der Waals surface area contributed by atoms with Crippen LogP contribution in [-0.4, -0.2) is 21.2 Å². The SMILES string of the molecule is COc1c(C)ccc(N(C)C)c1I. The Morgan fingerprint density at radius 1 is 1.31 bits per heavy atom. The smallest absolute Gasteiger partial charge is 0.137 e. The van der Waals surface area contributed by atoms with Gasteiger partial charge in [0, 0.05) is 14.1 Å². The van der Waals surface area contributed by atoms with Crippen LogP contribution in [0.5, 0.6) is 5.75 Å². The van der Waals surface area contributed by atoms with Crippen molar-refractivity contribution in [2.45, 2.75) is 6.92 Å². The van der Waals surface area contributed by atoms with Gasteiger partial charge in [-0.15, -0.1) is 0 Å². The summed E-state index contributed by atoms with van der Waals surface area (Å²) in [6.07, 6.45) is 0. The highest BCUT2D eigenvalue weighted by Gasteiger charge is 2.09. The third kappa shape index (κ3) is 2.07. The third-order valence-corrected chi connectivity index (χ3v) is 3.00. The number of aryl methyl sites for hydroxylation is 1. The van der Waals surface area contributed by atoms with Gasteiger partial charge < -0.3 is 9.64 Å². The predicted molar refractivity (Wildman–Crippen MR) is 64.8 cm³/mol. The summed E-state index contributed by atoms with van der Waals surface area (Å²) >= 11 is 2.32. The van der Waals surface area contributed by atoms with E-state index in [1.165, 1.54) is 14.8 Å². The molecular formula is C10H14INO. The Morgan fingerprint density at radius 2 is 1.92 bits per heavy atom. The van der Waals surface area contributed by atoms with E-state index in [9.17, 15) is 0 Å². The van der Waals surface area contributed by atoms with Crippen LogP contribution in [-0.2, 0) is 0 Å². The lowest BCUT2D eigenvalue weighted by Crippen LogP contribution is -2.11. The Hall–Kier alpha value is -0.450. The second kappa shape index (κ2) is 4.17. The summed E-state index contributed by atoms with van der Waals surface area (Å²) in [6, 6.07) is 4.19. The minimum atomic E-state index is 0.979. The van der Waals surface area contributed by atoms with Gasteiger partial charge in [0.15, 0.2) is 0 Å². The molecule has 0 amide bonds. The number of nitrogens with zero attached hydrogens (tertiary/aromatic N) is 1. The summed E-state index contributed by atoms with van der Waals surface area (Å²) in [5, 5.41) is 0. The molecular weight excluding hydrogens is 277 g/mol. The molecule has 0 heterocycles. The molecule has 0 saturated heterocycles. The van der Waals surface area contributed by atoms with Gasteiger partial charge >= 0.3 is 0 Å². The molecule has 0 radical (unpaired) electrons. The number of ether oxygens (including phenoxy) is 1. The van der Waals surface area contributed by atoms with Crippen molar-refractivity contribution in [2.24, 2.45) is 0 Å². The summed E-state index contributed by atoms with van der Waals surface area (Å²) in [4.78, 5) is 2.09. The van der Waals surface area contributed by atoms with E-state index in [0.29, 0.717) is 0 Å². The molecule has 0 fully saturated rings. The van der Waals surface area contributed by atoms with Crippen LogP contribution in [0.3, 0.4) is 0 Å². The topological polar surface area (TPSA) is 12.5 Å². The fraction of sp³-hybridized carbons (Fsp3) is 0.400. The summed E-state index contributed by atoms with van der Waals surface area (Å²) in [5.74, 6) is 0.979. The van der Waals surface area contributed by atoms with Crippen LogP contribution in [0.25, 0.3) is 0 Å². The number of halogens is 1. The lowest BCUT2D eigenvalue weighted by atomic mass is 10.2. The number of hydrogen-bond donors (Lipinski definition) is 0. The van der Waals surface area contributed by atoms with Crippen molar-refractivity contribution >= 4 is 28.3 Å². The second-order valence-corrected chi connectivity index (χ2v) is 4.22. The van der Waals surface area contributed by atoms with Crippen molar-refractivity contribution in [2.75, 3.05) is 26.1 Å². The van der Waals surface area contributed by atoms with Gasteiger partial charge in [0.05, 0.1) is 16.4 Å². The zero-order valence-corrected chi connectivity index (χ0v) is 10.5. The highest BCUT2D eigenvalue weighted by Crippen LogP contribution is 2.32. The molecule has 1 rings (SSSR count). The third-order valence-electron chi connectivity index (χ3n) is 1.96. The van der Waals surface area contributed by atoms with Gasteiger partial charge in [0.25, 0.3) is 0 Å². The molecule has 0 N–H and O–H groups in total. The summed E-state index contributed by atoms with van der Waals surface area (Å²) in [5.41, 5.74) is 2.38. The number of benzene rings is 1. The fourth-order valence-corrected chi connectivity index (χ4v) is 2.55. The highest BCUT2D eigenvalue weighted by molar-refractivity contribution is 14.1. The minimum absolute atomic E-state index is 0.979. The quantitative estimate of drug-likeness (QED) is 0.777. The molecule has 0 bridgehead atoms. The van der Waals surface area contributed by atoms with E-state index >= 15 is 0 Å². The highest BCUT2D eigenvalue weighted by atomic mass is 127. The average Bonchev–Trinajstić information content (AvgIpc) is 2.04. The van der Waals surface area contributed by atoms with Gasteiger partial charge in [-0.1, -0.05) is 6.07 Å². The lowest BCUT2D eigenvalue weighted by Gasteiger charge is -2.17. The maximum atomic E-state index is 5.33. The van der Waals surface area contributed by atoms with Crippen LogP contribution < -0.4 is 9.64 Å². The first kappa shape index (κ1) is 10.6. The Bertz CT molecular complexity index is 310. The standard InChI is InChI=1S/C10H14INO/c1-7-5-6-8(12(2)3)9(11)10(7)13-4/h5-6H,1-4H3. The van der Waals surface area contributed by atoms with Crippen molar-refractivity contribution in [1.29, 1.82) is 0 Å². The van der Waals surface area contributed by atoms with Crippen molar-refractivity contribution < 1.29 is 4.74 Å². The first-order chi connectivity index (χ1) is 6.07. The first-order valence-corrected chi connectivity index (χ1v) is 5.16. The van der Waals surface area contributed by atoms with E-state index in [1.54, 1.807) is 7.11 Å². The molecule has 3 heteroatoms. The second-order valence-electron chi connectivity index (χ2n) is 3.14. The molecule has 1 aromatic carbocycles. The van der Waals surface area contributed by atoms with E-state index in [1.807, 2.05) is 14.1 Å². The minimum Gasteiger partial charge on any atom is -0.495 e. The Labute approximate surface area is 93.0 Å². The largest absolute Gasteiger partial charge is 0.495 e. The zero-order valence-electron chi connectivity index (χ0n) is 8.39. The molecule has 0 aliphatic heterocycles. The Kier molecular flexibility index (Phi) is 3.41. The van der Waals surface area contributed by atoms with E-state index < -0.39 is 0 Å². The molecule has 0 spiro atoms. The maximum Gasteiger partial charge on any atom is 0.137 e. The van der Waals surface area contributed by atoms with Crippen LogP contribution in [0.2, 0.25) is 0 Å². The van der Waals surface area contributed by atoms with Crippen LogP contribution in [0.1, 0.15) is 5.56 Å². The van der Waals surface area contributed by atoms with Crippen molar-refractivity contribution in [3.63, 3.8) is 0 Å². The van der Waals surface area contributed by atoms with Crippen LogP contribution >= 0.6 is 22.6 Å². The van der Waals surface area contributed by atoms with E-state index in [-0.39, 0.29) is 0 Å². The molecule has 2 nitrogen and oxygen atoms in total. The molecule has 0 aromatic heterocycles. The van der Waals surface area contributed by atoms with Crippen molar-refractivity contribution in [3.8, 4) is 5.75 Å². The monoisotopic (exact) mass is 291 g/mol. The molecule has 0 unspecified atom stereocenters. The van der Waals surface area contributed by atoms with Crippen LogP contribution in [0, 0.1) is 10.5 Å². The number of hydrogen-bond acceptors (Lipinski definition) is 2. The van der Waals surface area contributed by atoms with Crippen LogP contribution in [0.15, 0.2) is 12.1 Å². The first-order valence-electron chi connectivity index (χ1n) is 4.08. The van der Waals surface area contributed by atoms with Crippen LogP contribution in [0.4, 0.5) is 5.69 Å². The van der Waals surface area contributed by atoms with Gasteiger partial charge in [0.2, 0.25) is 0 Å². The van der Waals surface area contributed by atoms with Gasteiger partial charge in [-0.25, -0.2) is 0 Å². The normalized spacial score (nSPS) is 9.92. The van der Waals surface area contributed by atoms with E-state index in [4.69, 9.17) is 4.74 Å². The van der Waals surface area contributed by atoms with Gasteiger partial charge in [-0.3, -0.25) is 0 Å². The molecule has 0 aliphatic rings. The fourth-order valence-electron chi connectivity index (χ4n) is 1.24. The van der Waals surface area contributed by atoms with E-state index in [2.05, 4.69) is 46.5 Å². The van der Waals surface area contributed by atoms with Gasteiger partial charge in [-0.05, 0) is 41.1 Å². The molecule has 13 heavy (non-hydrogen) atoms. The van der Waals surface area contributed by atoms with Crippen molar-refractivity contribution in [1.82, 2.24) is 0 Å². The maximum absolute atomic E-state index is 5.33. The van der Waals surface area contributed by atoms with Gasteiger partial charge in [0.1, 0.15) is 5.75 Å². The molecule has 1 aromatic rings. The summed E-state index contributed by atoms with van der Waals surface area (Å²) in [6.45, 7) is 2.06. The molecule has 72 valence electrons. The van der Waals surface area contributed by atoms with E-state index in [0.717, 1.165) is 5.75 Å². The average molecular weight is 291 g/mol. The molecule has 0 aliphatic carbocycles. The summed E-state index contributed by atoms with van der Waals surface area (Å²) < 4.78 is 6.50. The summed E-state index contributed by atoms with van der Waals surface area (Å²) in [7, 11) is 5.78. The molecule has 0 saturated carbocycles. The van der Waals surface area contributed by atoms with Gasteiger partial charge in [-0.2, -0.15) is 0 Å². The predicted octanol–water partition coefficient (Wildman–Crippen LogP) is 2.67.